The van der Waals surface area contributed by atoms with Crippen LogP contribution in [0.4, 0.5) is 5.69 Å². The number of nitrogens with one attached hydrogen (secondary N) is 1. The number of rotatable bonds is 2. The second-order valence-electron chi connectivity index (χ2n) is 4.83. The third-order valence-electron chi connectivity index (χ3n) is 3.57. The molecule has 1 N–H and O–H groups in total. The number of benzene rings is 1. The number of anilines is 1. The van der Waals surface area contributed by atoms with Crippen molar-refractivity contribution in [3.63, 3.8) is 0 Å². The summed E-state index contributed by atoms with van der Waals surface area (Å²) in [5, 5.41) is 5.31. The van der Waals surface area contributed by atoms with Crippen LogP contribution in [0.15, 0.2) is 12.1 Å². The van der Waals surface area contributed by atoms with Gasteiger partial charge in [-0.05, 0) is 25.5 Å². The number of hydrogen-bond donors (Lipinski definition) is 1. The van der Waals surface area contributed by atoms with E-state index < -0.39 is 0 Å². The first-order valence-corrected chi connectivity index (χ1v) is 7.02. The van der Waals surface area contributed by atoms with Gasteiger partial charge in [-0.1, -0.05) is 17.7 Å². The Balaban J connectivity index is 2.39. The summed E-state index contributed by atoms with van der Waals surface area (Å²) in [6.45, 7) is 6.43. The molecule has 0 unspecified atom stereocenters. The first kappa shape index (κ1) is 12.7. The lowest BCUT2D eigenvalue weighted by molar-refractivity contribution is 0.110. The third kappa shape index (κ3) is 2.07. The first-order valence-electron chi connectivity index (χ1n) is 6.64. The lowest BCUT2D eigenvalue weighted by atomic mass is 10.00. The van der Waals surface area contributed by atoms with Crippen LogP contribution in [0.5, 0.6) is 0 Å². The van der Waals surface area contributed by atoms with Gasteiger partial charge in [-0.15, -0.1) is 0 Å². The fourth-order valence-electron chi connectivity index (χ4n) is 2.67. The first-order chi connectivity index (χ1) is 9.22. The summed E-state index contributed by atoms with van der Waals surface area (Å²) in [4.78, 5) is 4.77. The predicted molar refractivity (Wildman–Crippen MR) is 79.0 cm³/mol. The summed E-state index contributed by atoms with van der Waals surface area (Å²) < 4.78 is 5.59. The van der Waals surface area contributed by atoms with Gasteiger partial charge in [-0.25, -0.2) is 0 Å². The van der Waals surface area contributed by atoms with E-state index in [1.165, 1.54) is 11.1 Å². The van der Waals surface area contributed by atoms with E-state index in [2.05, 4.69) is 19.2 Å². The van der Waals surface area contributed by atoms with E-state index >= 15 is 0 Å². The molecule has 1 aromatic carbocycles. The number of nitrogens with zero attached hydrogens (tertiary/aromatic N) is 1. The van der Waals surface area contributed by atoms with Crippen molar-refractivity contribution in [2.75, 3.05) is 18.5 Å². The molecule has 3 rings (SSSR count). The second-order valence-corrected chi connectivity index (χ2v) is 5.24. The van der Waals surface area contributed by atoms with E-state index in [4.69, 9.17) is 21.3 Å². The van der Waals surface area contributed by atoms with Crippen molar-refractivity contribution >= 4 is 28.2 Å². The molecular weight excluding hydrogens is 260 g/mol. The second kappa shape index (κ2) is 4.99. The molecule has 0 amide bonds. The molecule has 1 aromatic heterocycles. The van der Waals surface area contributed by atoms with Crippen molar-refractivity contribution in [3.05, 3.63) is 34.0 Å². The normalized spacial score (nSPS) is 14.5. The van der Waals surface area contributed by atoms with Crippen molar-refractivity contribution in [2.45, 2.75) is 26.9 Å². The van der Waals surface area contributed by atoms with Gasteiger partial charge in [0.05, 0.1) is 35.1 Å². The van der Waals surface area contributed by atoms with Crippen molar-refractivity contribution in [1.29, 1.82) is 0 Å². The van der Waals surface area contributed by atoms with E-state index in [1.54, 1.807) is 0 Å². The molecule has 0 saturated carbocycles. The van der Waals surface area contributed by atoms with Crippen LogP contribution in [-0.2, 0) is 17.8 Å². The SMILES string of the molecule is CCNc1c2c(nc3c(Cl)ccc(C)c13)CCOC2. The summed E-state index contributed by atoms with van der Waals surface area (Å²) in [6.07, 6.45) is 0.855. The average Bonchev–Trinajstić information content (AvgIpc) is 2.43. The number of ether oxygens (including phenoxy) is 1. The van der Waals surface area contributed by atoms with Crippen LogP contribution in [0.1, 0.15) is 23.7 Å². The molecule has 19 heavy (non-hydrogen) atoms. The van der Waals surface area contributed by atoms with Crippen molar-refractivity contribution < 1.29 is 4.74 Å². The van der Waals surface area contributed by atoms with E-state index in [0.717, 1.165) is 41.9 Å². The average molecular weight is 277 g/mol. The zero-order valence-electron chi connectivity index (χ0n) is 11.2. The molecule has 0 atom stereocenters. The van der Waals surface area contributed by atoms with Gasteiger partial charge in [0.2, 0.25) is 0 Å². The molecule has 2 aromatic rings. The van der Waals surface area contributed by atoms with Gasteiger partial charge in [0, 0.05) is 23.9 Å². The highest BCUT2D eigenvalue weighted by atomic mass is 35.5. The Bertz CT molecular complexity index is 640. The van der Waals surface area contributed by atoms with Gasteiger partial charge in [0.1, 0.15) is 0 Å². The Morgan fingerprint density at radius 1 is 1.42 bits per heavy atom. The fourth-order valence-corrected chi connectivity index (χ4v) is 2.87. The maximum Gasteiger partial charge on any atom is 0.0915 e. The summed E-state index contributed by atoms with van der Waals surface area (Å²) in [5.41, 5.74) is 5.53. The Hall–Kier alpha value is -1.32. The van der Waals surface area contributed by atoms with Crippen LogP contribution >= 0.6 is 11.6 Å². The van der Waals surface area contributed by atoms with Crippen molar-refractivity contribution in [1.82, 2.24) is 4.98 Å². The maximum atomic E-state index is 6.32. The molecule has 0 saturated heterocycles. The highest BCUT2D eigenvalue weighted by Gasteiger charge is 2.20. The highest BCUT2D eigenvalue weighted by molar-refractivity contribution is 6.35. The summed E-state index contributed by atoms with van der Waals surface area (Å²) in [7, 11) is 0. The third-order valence-corrected chi connectivity index (χ3v) is 3.87. The molecule has 4 heteroatoms. The Kier molecular flexibility index (Phi) is 3.33. The van der Waals surface area contributed by atoms with E-state index in [-0.39, 0.29) is 0 Å². The van der Waals surface area contributed by atoms with E-state index in [0.29, 0.717) is 11.6 Å². The van der Waals surface area contributed by atoms with Gasteiger partial charge in [0.25, 0.3) is 0 Å². The highest BCUT2D eigenvalue weighted by Crippen LogP contribution is 2.36. The molecule has 3 nitrogen and oxygen atoms in total. The van der Waals surface area contributed by atoms with E-state index in [1.807, 2.05) is 12.1 Å². The molecule has 0 bridgehead atoms. The van der Waals surface area contributed by atoms with E-state index in [9.17, 15) is 0 Å². The quantitative estimate of drug-likeness (QED) is 0.908. The molecule has 0 radical (unpaired) electrons. The van der Waals surface area contributed by atoms with Gasteiger partial charge in [-0.2, -0.15) is 0 Å². The predicted octanol–water partition coefficient (Wildman–Crippen LogP) is 3.70. The molecule has 1 aliphatic heterocycles. The Morgan fingerprint density at radius 3 is 3.05 bits per heavy atom. The molecule has 0 fully saturated rings. The van der Waals surface area contributed by atoms with Crippen LogP contribution in [0.25, 0.3) is 10.9 Å². The number of hydrogen-bond acceptors (Lipinski definition) is 3. The standard InChI is InChI=1S/C15H17ClN2O/c1-3-17-14-10-8-19-7-6-12(10)18-15-11(16)5-4-9(2)13(14)15/h4-5H,3,6-8H2,1-2H3,(H,17,18). The fraction of sp³-hybridized carbons (Fsp3) is 0.400. The van der Waals surface area contributed by atoms with Gasteiger partial charge in [-0.3, -0.25) is 4.98 Å². The minimum absolute atomic E-state index is 0.632. The number of aromatic nitrogens is 1. The Morgan fingerprint density at radius 2 is 2.26 bits per heavy atom. The van der Waals surface area contributed by atoms with Crippen LogP contribution in [0.3, 0.4) is 0 Å². The lowest BCUT2D eigenvalue weighted by Gasteiger charge is -2.22. The van der Waals surface area contributed by atoms with Crippen LogP contribution in [0.2, 0.25) is 5.02 Å². The summed E-state index contributed by atoms with van der Waals surface area (Å²) in [5.74, 6) is 0. The summed E-state index contributed by atoms with van der Waals surface area (Å²) >= 11 is 6.32. The maximum absolute atomic E-state index is 6.32. The topological polar surface area (TPSA) is 34.2 Å². The Labute approximate surface area is 117 Å². The zero-order valence-corrected chi connectivity index (χ0v) is 12.0. The minimum atomic E-state index is 0.632. The number of fused-ring (bicyclic) bond motifs is 2. The molecule has 2 heterocycles. The van der Waals surface area contributed by atoms with Crippen LogP contribution < -0.4 is 5.32 Å². The zero-order chi connectivity index (χ0) is 13.4. The van der Waals surface area contributed by atoms with Gasteiger partial charge < -0.3 is 10.1 Å². The molecule has 0 spiro atoms. The summed E-state index contributed by atoms with van der Waals surface area (Å²) in [6, 6.07) is 3.97. The van der Waals surface area contributed by atoms with Crippen LogP contribution in [0, 0.1) is 6.92 Å². The van der Waals surface area contributed by atoms with Crippen molar-refractivity contribution in [2.24, 2.45) is 0 Å². The van der Waals surface area contributed by atoms with Crippen LogP contribution in [-0.4, -0.2) is 18.1 Å². The lowest BCUT2D eigenvalue weighted by Crippen LogP contribution is -2.15. The van der Waals surface area contributed by atoms with Gasteiger partial charge >= 0.3 is 0 Å². The smallest absolute Gasteiger partial charge is 0.0915 e. The molecule has 100 valence electrons. The largest absolute Gasteiger partial charge is 0.384 e. The molecule has 1 aliphatic rings. The van der Waals surface area contributed by atoms with Gasteiger partial charge in [0.15, 0.2) is 0 Å². The van der Waals surface area contributed by atoms with Crippen molar-refractivity contribution in [3.8, 4) is 0 Å². The molecular formula is C15H17ClN2O. The monoisotopic (exact) mass is 276 g/mol. The minimum Gasteiger partial charge on any atom is -0.384 e. The number of pyridine rings is 1. The molecule has 0 aliphatic carbocycles. The number of aryl methyl sites for hydroxylation is 1. The number of halogens is 1.